The first kappa shape index (κ1) is 19.9. The summed E-state index contributed by atoms with van der Waals surface area (Å²) in [6, 6.07) is 8.85. The number of nitrogens with zero attached hydrogens (tertiary/aromatic N) is 2. The van der Waals surface area contributed by atoms with Crippen molar-refractivity contribution >= 4 is 34.1 Å². The van der Waals surface area contributed by atoms with Gasteiger partial charge < -0.3 is 5.32 Å². The molecule has 0 aliphatic heterocycles. The number of halogens is 4. The Kier molecular flexibility index (Phi) is 5.42. The van der Waals surface area contributed by atoms with Crippen LogP contribution in [0.15, 0.2) is 53.6 Å². The Morgan fingerprint density at radius 2 is 1.96 bits per heavy atom. The fourth-order valence-electron chi connectivity index (χ4n) is 2.86. The van der Waals surface area contributed by atoms with E-state index in [0.29, 0.717) is 10.9 Å². The predicted octanol–water partition coefficient (Wildman–Crippen LogP) is 4.66. The van der Waals surface area contributed by atoms with Gasteiger partial charge in [-0.1, -0.05) is 30.7 Å². The molecule has 1 heterocycles. The van der Waals surface area contributed by atoms with Crippen molar-refractivity contribution in [1.29, 1.82) is 0 Å². The standard InChI is InChI=1S/C19H15ClF3N3O2/c1-2-16(26-10-24-15-6-4-3-5-12(15)18(26)28)17(27)25-11-7-8-14(20)13(9-11)19(21,22)23/h3-10,16H,2H2,1H3,(H,25,27). The molecule has 0 bridgehead atoms. The van der Waals surface area contributed by atoms with Crippen molar-refractivity contribution in [2.75, 3.05) is 5.32 Å². The Hall–Kier alpha value is -2.87. The third-order valence-electron chi connectivity index (χ3n) is 4.25. The third kappa shape index (κ3) is 3.87. The molecule has 3 aromatic rings. The van der Waals surface area contributed by atoms with E-state index in [-0.39, 0.29) is 12.1 Å². The highest BCUT2D eigenvalue weighted by Crippen LogP contribution is 2.36. The van der Waals surface area contributed by atoms with Crippen LogP contribution in [0.3, 0.4) is 0 Å². The number of anilines is 1. The van der Waals surface area contributed by atoms with Gasteiger partial charge >= 0.3 is 6.18 Å². The molecule has 2 aromatic carbocycles. The number of alkyl halides is 3. The highest BCUT2D eigenvalue weighted by Gasteiger charge is 2.33. The molecule has 0 saturated heterocycles. The Morgan fingerprint density at radius 3 is 2.64 bits per heavy atom. The van der Waals surface area contributed by atoms with Gasteiger partial charge in [-0.2, -0.15) is 13.2 Å². The molecule has 1 aromatic heterocycles. The van der Waals surface area contributed by atoms with Crippen LogP contribution in [-0.2, 0) is 11.0 Å². The molecule has 28 heavy (non-hydrogen) atoms. The first-order valence-corrected chi connectivity index (χ1v) is 8.73. The van der Waals surface area contributed by atoms with E-state index in [2.05, 4.69) is 10.3 Å². The first-order chi connectivity index (χ1) is 13.2. The number of benzene rings is 2. The number of hydrogen-bond donors (Lipinski definition) is 1. The minimum absolute atomic E-state index is 0.0676. The normalized spacial score (nSPS) is 12.8. The van der Waals surface area contributed by atoms with E-state index in [4.69, 9.17) is 11.6 Å². The number of hydrogen-bond acceptors (Lipinski definition) is 3. The quantitative estimate of drug-likeness (QED) is 0.681. The Labute approximate surface area is 162 Å². The zero-order valence-electron chi connectivity index (χ0n) is 14.6. The fraction of sp³-hybridized carbons (Fsp3) is 0.211. The van der Waals surface area contributed by atoms with Gasteiger partial charge in [0.15, 0.2) is 0 Å². The second kappa shape index (κ2) is 7.63. The van der Waals surface area contributed by atoms with E-state index in [1.807, 2.05) is 0 Å². The van der Waals surface area contributed by atoms with E-state index in [1.54, 1.807) is 31.2 Å². The maximum absolute atomic E-state index is 13.0. The number of carbonyl (C=O) groups excluding carboxylic acids is 1. The number of rotatable bonds is 4. The van der Waals surface area contributed by atoms with Crippen LogP contribution in [0.5, 0.6) is 0 Å². The first-order valence-electron chi connectivity index (χ1n) is 8.36. The van der Waals surface area contributed by atoms with Crippen LogP contribution in [0.2, 0.25) is 5.02 Å². The minimum atomic E-state index is -4.65. The molecule has 1 N–H and O–H groups in total. The molecule has 0 spiro atoms. The highest BCUT2D eigenvalue weighted by atomic mass is 35.5. The summed E-state index contributed by atoms with van der Waals surface area (Å²) in [6.45, 7) is 1.69. The Bertz CT molecular complexity index is 1100. The minimum Gasteiger partial charge on any atom is -0.324 e. The van der Waals surface area contributed by atoms with Gasteiger partial charge in [0.2, 0.25) is 5.91 Å². The van der Waals surface area contributed by atoms with Crippen molar-refractivity contribution in [3.8, 4) is 0 Å². The summed E-state index contributed by atoms with van der Waals surface area (Å²) < 4.78 is 40.2. The SMILES string of the molecule is CCC(C(=O)Nc1ccc(Cl)c(C(F)(F)F)c1)n1cnc2ccccc2c1=O. The molecule has 3 rings (SSSR count). The van der Waals surface area contributed by atoms with Crippen LogP contribution in [0.1, 0.15) is 24.9 Å². The van der Waals surface area contributed by atoms with Gasteiger partial charge in [0.05, 0.1) is 27.8 Å². The van der Waals surface area contributed by atoms with Gasteiger partial charge in [-0.25, -0.2) is 4.98 Å². The molecule has 1 unspecified atom stereocenters. The molecule has 0 aliphatic rings. The van der Waals surface area contributed by atoms with Crippen molar-refractivity contribution in [2.45, 2.75) is 25.6 Å². The summed E-state index contributed by atoms with van der Waals surface area (Å²) in [5.41, 5.74) is -1.03. The van der Waals surface area contributed by atoms with Gasteiger partial charge in [-0.15, -0.1) is 0 Å². The van der Waals surface area contributed by atoms with E-state index in [1.165, 1.54) is 17.0 Å². The predicted molar refractivity (Wildman–Crippen MR) is 100 cm³/mol. The largest absolute Gasteiger partial charge is 0.417 e. The molecular formula is C19H15ClF3N3O2. The third-order valence-corrected chi connectivity index (χ3v) is 4.58. The van der Waals surface area contributed by atoms with Crippen LogP contribution in [0.25, 0.3) is 10.9 Å². The lowest BCUT2D eigenvalue weighted by Gasteiger charge is -2.18. The molecule has 9 heteroatoms. The highest BCUT2D eigenvalue weighted by molar-refractivity contribution is 6.31. The fourth-order valence-corrected chi connectivity index (χ4v) is 3.08. The number of nitrogens with one attached hydrogen (secondary N) is 1. The number of carbonyl (C=O) groups is 1. The number of amides is 1. The lowest BCUT2D eigenvalue weighted by molar-refractivity contribution is -0.137. The number of fused-ring (bicyclic) bond motifs is 1. The molecule has 0 aliphatic carbocycles. The average Bonchev–Trinajstić information content (AvgIpc) is 2.65. The number of para-hydroxylation sites is 1. The lowest BCUT2D eigenvalue weighted by atomic mass is 10.1. The van der Waals surface area contributed by atoms with E-state index >= 15 is 0 Å². The molecule has 1 atom stereocenters. The zero-order chi connectivity index (χ0) is 20.5. The molecule has 0 radical (unpaired) electrons. The van der Waals surface area contributed by atoms with Gasteiger partial charge in [-0.05, 0) is 36.8 Å². The molecule has 146 valence electrons. The van der Waals surface area contributed by atoms with Crippen LogP contribution < -0.4 is 10.9 Å². The van der Waals surface area contributed by atoms with E-state index < -0.39 is 34.3 Å². The maximum Gasteiger partial charge on any atom is 0.417 e. The molecule has 0 fully saturated rings. The van der Waals surface area contributed by atoms with Crippen molar-refractivity contribution in [3.05, 3.63) is 69.7 Å². The van der Waals surface area contributed by atoms with Crippen LogP contribution in [-0.4, -0.2) is 15.5 Å². The second-order valence-electron chi connectivity index (χ2n) is 6.08. The smallest absolute Gasteiger partial charge is 0.324 e. The van der Waals surface area contributed by atoms with Crippen LogP contribution in [0, 0.1) is 0 Å². The van der Waals surface area contributed by atoms with Crippen LogP contribution in [0.4, 0.5) is 18.9 Å². The van der Waals surface area contributed by atoms with Gasteiger partial charge in [-0.3, -0.25) is 14.2 Å². The summed E-state index contributed by atoms with van der Waals surface area (Å²) in [7, 11) is 0. The topological polar surface area (TPSA) is 64.0 Å². The summed E-state index contributed by atoms with van der Waals surface area (Å²) >= 11 is 5.59. The van der Waals surface area contributed by atoms with Crippen molar-refractivity contribution in [2.24, 2.45) is 0 Å². The summed E-state index contributed by atoms with van der Waals surface area (Å²) in [5.74, 6) is -0.628. The molecular weight excluding hydrogens is 395 g/mol. The van der Waals surface area contributed by atoms with Crippen molar-refractivity contribution < 1.29 is 18.0 Å². The Balaban J connectivity index is 1.93. The summed E-state index contributed by atoms with van der Waals surface area (Å²) in [4.78, 5) is 29.5. The molecule has 1 amide bonds. The van der Waals surface area contributed by atoms with Crippen LogP contribution >= 0.6 is 11.6 Å². The van der Waals surface area contributed by atoms with E-state index in [9.17, 15) is 22.8 Å². The van der Waals surface area contributed by atoms with Gasteiger partial charge in [0, 0.05) is 5.69 Å². The lowest BCUT2D eigenvalue weighted by Crippen LogP contribution is -2.33. The second-order valence-corrected chi connectivity index (χ2v) is 6.49. The molecule has 0 saturated carbocycles. The van der Waals surface area contributed by atoms with Gasteiger partial charge in [0.1, 0.15) is 6.04 Å². The summed E-state index contributed by atoms with van der Waals surface area (Å²) in [5, 5.41) is 2.31. The van der Waals surface area contributed by atoms with Crippen molar-refractivity contribution in [3.63, 3.8) is 0 Å². The average molecular weight is 410 g/mol. The monoisotopic (exact) mass is 409 g/mol. The number of aromatic nitrogens is 2. The van der Waals surface area contributed by atoms with Gasteiger partial charge in [0.25, 0.3) is 5.56 Å². The van der Waals surface area contributed by atoms with E-state index in [0.717, 1.165) is 12.1 Å². The Morgan fingerprint density at radius 1 is 1.25 bits per heavy atom. The molecule has 5 nitrogen and oxygen atoms in total. The zero-order valence-corrected chi connectivity index (χ0v) is 15.4. The summed E-state index contributed by atoms with van der Waals surface area (Å²) in [6.07, 6.45) is -3.14. The van der Waals surface area contributed by atoms with Crippen molar-refractivity contribution in [1.82, 2.24) is 9.55 Å². The maximum atomic E-state index is 13.0.